The van der Waals surface area contributed by atoms with E-state index in [4.69, 9.17) is 5.73 Å². The van der Waals surface area contributed by atoms with E-state index in [2.05, 4.69) is 35.7 Å². The van der Waals surface area contributed by atoms with Crippen LogP contribution in [0.2, 0.25) is 0 Å². The molecule has 2 fully saturated rings. The van der Waals surface area contributed by atoms with Crippen molar-refractivity contribution in [3.63, 3.8) is 0 Å². The number of nitrogens with two attached hydrogens (primary N) is 1. The highest BCUT2D eigenvalue weighted by Gasteiger charge is 2.27. The van der Waals surface area contributed by atoms with Gasteiger partial charge in [0.1, 0.15) is 0 Å². The van der Waals surface area contributed by atoms with Gasteiger partial charge in [0.15, 0.2) is 5.96 Å². The van der Waals surface area contributed by atoms with E-state index < -0.39 is 0 Å². The van der Waals surface area contributed by atoms with Crippen molar-refractivity contribution in [1.29, 1.82) is 0 Å². The molecule has 2 rings (SSSR count). The molecule has 2 atom stereocenters. The topological polar surface area (TPSA) is 44.9 Å². The molecule has 2 N–H and O–H groups in total. The maximum absolute atomic E-state index is 5.98. The van der Waals surface area contributed by atoms with Crippen LogP contribution in [0.4, 0.5) is 0 Å². The van der Waals surface area contributed by atoms with Gasteiger partial charge in [0, 0.05) is 32.7 Å². The fraction of sp³-hybridized carbons (Fsp3) is 0.933. The van der Waals surface area contributed by atoms with E-state index in [1.165, 1.54) is 38.9 Å². The molecule has 1 aliphatic carbocycles. The van der Waals surface area contributed by atoms with Crippen molar-refractivity contribution in [2.24, 2.45) is 22.6 Å². The van der Waals surface area contributed by atoms with Crippen LogP contribution in [0.25, 0.3) is 0 Å². The SMILES string of the molecule is CC1CC(C)CN(CCCN=C(N)N(C)C2CC2)C1.I. The minimum absolute atomic E-state index is 0. The third-order valence-corrected chi connectivity index (χ3v) is 4.31. The van der Waals surface area contributed by atoms with Gasteiger partial charge >= 0.3 is 0 Å². The van der Waals surface area contributed by atoms with Crippen LogP contribution in [-0.4, -0.2) is 55.0 Å². The Balaban J connectivity index is 0.00000200. The van der Waals surface area contributed by atoms with Gasteiger partial charge in [-0.3, -0.25) is 4.99 Å². The number of hydrogen-bond donors (Lipinski definition) is 1. The van der Waals surface area contributed by atoms with Gasteiger partial charge in [0.2, 0.25) is 0 Å². The highest BCUT2D eigenvalue weighted by Crippen LogP contribution is 2.25. The lowest BCUT2D eigenvalue weighted by Gasteiger charge is -2.34. The van der Waals surface area contributed by atoms with Gasteiger partial charge in [-0.25, -0.2) is 0 Å². The zero-order chi connectivity index (χ0) is 13.8. The summed E-state index contributed by atoms with van der Waals surface area (Å²) in [6.07, 6.45) is 5.05. The molecule has 20 heavy (non-hydrogen) atoms. The Morgan fingerprint density at radius 1 is 1.25 bits per heavy atom. The highest BCUT2D eigenvalue weighted by atomic mass is 127. The maximum atomic E-state index is 5.98. The van der Waals surface area contributed by atoms with E-state index in [0.717, 1.165) is 30.8 Å². The lowest BCUT2D eigenvalue weighted by molar-refractivity contribution is 0.140. The first-order chi connectivity index (χ1) is 9.06. The van der Waals surface area contributed by atoms with E-state index >= 15 is 0 Å². The van der Waals surface area contributed by atoms with Crippen LogP contribution in [0.15, 0.2) is 4.99 Å². The van der Waals surface area contributed by atoms with Crippen LogP contribution >= 0.6 is 24.0 Å². The lowest BCUT2D eigenvalue weighted by atomic mass is 9.92. The third kappa shape index (κ3) is 5.76. The average Bonchev–Trinajstić information content (AvgIpc) is 3.16. The second kappa shape index (κ2) is 8.41. The van der Waals surface area contributed by atoms with Crippen LogP contribution in [0, 0.1) is 11.8 Å². The fourth-order valence-corrected chi connectivity index (χ4v) is 3.22. The molecular formula is C15H31IN4. The Morgan fingerprint density at radius 2 is 1.85 bits per heavy atom. The number of likely N-dealkylation sites (tertiary alicyclic amines) is 1. The molecule has 0 radical (unpaired) electrons. The summed E-state index contributed by atoms with van der Waals surface area (Å²) in [4.78, 5) is 9.22. The average molecular weight is 394 g/mol. The van der Waals surface area contributed by atoms with Crippen molar-refractivity contribution in [3.05, 3.63) is 0 Å². The summed E-state index contributed by atoms with van der Waals surface area (Å²) in [6, 6.07) is 0.660. The summed E-state index contributed by atoms with van der Waals surface area (Å²) in [5.74, 6) is 2.42. The Hall–Kier alpha value is -0.0400. The Labute approximate surface area is 141 Å². The Kier molecular flexibility index (Phi) is 7.58. The van der Waals surface area contributed by atoms with Gasteiger partial charge in [-0.05, 0) is 44.1 Å². The van der Waals surface area contributed by atoms with E-state index in [9.17, 15) is 0 Å². The smallest absolute Gasteiger partial charge is 0.191 e. The van der Waals surface area contributed by atoms with Gasteiger partial charge in [0.05, 0.1) is 0 Å². The Morgan fingerprint density at radius 3 is 2.40 bits per heavy atom. The number of rotatable bonds is 5. The Bertz CT molecular complexity index is 307. The highest BCUT2D eigenvalue weighted by molar-refractivity contribution is 14.0. The molecule has 0 aromatic carbocycles. The molecule has 0 bridgehead atoms. The van der Waals surface area contributed by atoms with Gasteiger partial charge in [-0.1, -0.05) is 13.8 Å². The van der Waals surface area contributed by atoms with E-state index in [0.29, 0.717) is 6.04 Å². The van der Waals surface area contributed by atoms with Crippen molar-refractivity contribution < 1.29 is 0 Å². The van der Waals surface area contributed by atoms with E-state index in [1.807, 2.05) is 0 Å². The summed E-state index contributed by atoms with van der Waals surface area (Å²) in [6.45, 7) is 9.27. The van der Waals surface area contributed by atoms with Crippen LogP contribution < -0.4 is 5.73 Å². The molecule has 2 unspecified atom stereocenters. The van der Waals surface area contributed by atoms with Crippen LogP contribution in [0.1, 0.15) is 39.5 Å². The summed E-state index contributed by atoms with van der Waals surface area (Å²) >= 11 is 0. The van der Waals surface area contributed by atoms with Crippen LogP contribution in [-0.2, 0) is 0 Å². The summed E-state index contributed by atoms with van der Waals surface area (Å²) in [5.41, 5.74) is 5.98. The molecule has 5 heteroatoms. The minimum Gasteiger partial charge on any atom is -0.370 e. The fourth-order valence-electron chi connectivity index (χ4n) is 3.22. The minimum atomic E-state index is 0. The quantitative estimate of drug-likeness (QED) is 0.337. The third-order valence-electron chi connectivity index (χ3n) is 4.31. The number of nitrogens with zero attached hydrogens (tertiary/aromatic N) is 3. The van der Waals surface area contributed by atoms with Gasteiger partial charge in [-0.2, -0.15) is 0 Å². The molecule has 0 spiro atoms. The van der Waals surface area contributed by atoms with Gasteiger partial charge in [-0.15, -0.1) is 24.0 Å². The van der Waals surface area contributed by atoms with Crippen molar-refractivity contribution >= 4 is 29.9 Å². The van der Waals surface area contributed by atoms with E-state index in [-0.39, 0.29) is 24.0 Å². The van der Waals surface area contributed by atoms with Crippen molar-refractivity contribution in [2.75, 3.05) is 33.2 Å². The first-order valence-electron chi connectivity index (χ1n) is 7.81. The summed E-state index contributed by atoms with van der Waals surface area (Å²) in [5, 5.41) is 0. The number of halogens is 1. The molecule has 1 heterocycles. The number of piperidine rings is 1. The molecule has 4 nitrogen and oxygen atoms in total. The second-order valence-electron chi connectivity index (χ2n) is 6.64. The van der Waals surface area contributed by atoms with Crippen molar-refractivity contribution in [3.8, 4) is 0 Å². The molecule has 0 aromatic rings. The molecule has 2 aliphatic rings. The predicted octanol–water partition coefficient (Wildman–Crippen LogP) is 2.38. The van der Waals surface area contributed by atoms with Gasteiger partial charge < -0.3 is 15.5 Å². The zero-order valence-electron chi connectivity index (χ0n) is 13.2. The van der Waals surface area contributed by atoms with Crippen LogP contribution in [0.3, 0.4) is 0 Å². The lowest BCUT2D eigenvalue weighted by Crippen LogP contribution is -2.39. The molecule has 0 aromatic heterocycles. The number of guanidine groups is 1. The number of aliphatic imine (C=N–C) groups is 1. The molecule has 118 valence electrons. The van der Waals surface area contributed by atoms with Crippen molar-refractivity contribution in [1.82, 2.24) is 9.80 Å². The summed E-state index contributed by atoms with van der Waals surface area (Å²) < 4.78 is 0. The monoisotopic (exact) mass is 394 g/mol. The maximum Gasteiger partial charge on any atom is 0.191 e. The van der Waals surface area contributed by atoms with Gasteiger partial charge in [0.25, 0.3) is 0 Å². The standard InChI is InChI=1S/C15H30N4.HI/c1-12-9-13(2)11-19(10-12)8-4-7-17-15(16)18(3)14-5-6-14;/h12-14H,4-11H2,1-3H3,(H2,16,17);1H. The first-order valence-corrected chi connectivity index (χ1v) is 7.81. The normalized spacial score (nSPS) is 28.1. The predicted molar refractivity (Wildman–Crippen MR) is 96.7 cm³/mol. The van der Waals surface area contributed by atoms with Crippen molar-refractivity contribution in [2.45, 2.75) is 45.6 Å². The number of hydrogen-bond acceptors (Lipinski definition) is 2. The molecule has 1 aliphatic heterocycles. The molecule has 1 saturated carbocycles. The first kappa shape index (κ1) is 18.0. The molecule has 0 amide bonds. The second-order valence-corrected chi connectivity index (χ2v) is 6.64. The van der Waals surface area contributed by atoms with Crippen LogP contribution in [0.5, 0.6) is 0 Å². The zero-order valence-corrected chi connectivity index (χ0v) is 15.5. The molecule has 1 saturated heterocycles. The summed E-state index contributed by atoms with van der Waals surface area (Å²) in [7, 11) is 2.06. The van der Waals surface area contributed by atoms with E-state index in [1.54, 1.807) is 0 Å². The molecular weight excluding hydrogens is 363 g/mol. The largest absolute Gasteiger partial charge is 0.370 e.